The van der Waals surface area contributed by atoms with Crippen molar-refractivity contribution in [2.75, 3.05) is 18.1 Å². The summed E-state index contributed by atoms with van der Waals surface area (Å²) in [6.07, 6.45) is 3.86. The van der Waals surface area contributed by atoms with E-state index in [4.69, 9.17) is 0 Å². The van der Waals surface area contributed by atoms with Crippen molar-refractivity contribution in [2.45, 2.75) is 25.3 Å². The first-order chi connectivity index (χ1) is 7.34. The molecule has 0 bridgehead atoms. The first-order valence-electron chi connectivity index (χ1n) is 5.40. The summed E-state index contributed by atoms with van der Waals surface area (Å²) in [5.74, 6) is 2.67. The van der Waals surface area contributed by atoms with Gasteiger partial charge in [0.2, 0.25) is 0 Å². The van der Waals surface area contributed by atoms with Crippen LogP contribution in [0.4, 0.5) is 0 Å². The standard InChI is InChI=1S/C11H16BrNS2/c12-11-2-1-10(15-11)3-6-13-9-4-7-14-8-5-9/h1-2,9,13H,3-8H2. The molecular weight excluding hydrogens is 290 g/mol. The summed E-state index contributed by atoms with van der Waals surface area (Å²) in [6, 6.07) is 5.12. The van der Waals surface area contributed by atoms with Crippen LogP contribution < -0.4 is 5.32 Å². The summed E-state index contributed by atoms with van der Waals surface area (Å²) in [5.41, 5.74) is 0. The number of thiophene rings is 1. The summed E-state index contributed by atoms with van der Waals surface area (Å²) in [4.78, 5) is 1.47. The fourth-order valence-electron chi connectivity index (χ4n) is 1.79. The Morgan fingerprint density at radius 3 is 2.80 bits per heavy atom. The van der Waals surface area contributed by atoms with E-state index in [1.165, 1.54) is 39.4 Å². The minimum Gasteiger partial charge on any atom is -0.314 e. The van der Waals surface area contributed by atoms with E-state index in [1.54, 1.807) is 0 Å². The van der Waals surface area contributed by atoms with Crippen LogP contribution in [0.1, 0.15) is 17.7 Å². The summed E-state index contributed by atoms with van der Waals surface area (Å²) >= 11 is 7.43. The number of hydrogen-bond donors (Lipinski definition) is 1. The van der Waals surface area contributed by atoms with Gasteiger partial charge in [-0.15, -0.1) is 11.3 Å². The Balaban J connectivity index is 1.65. The second-order valence-corrected chi connectivity index (χ2v) is 7.57. The number of hydrogen-bond acceptors (Lipinski definition) is 3. The van der Waals surface area contributed by atoms with Gasteiger partial charge in [-0.2, -0.15) is 11.8 Å². The zero-order valence-corrected chi connectivity index (χ0v) is 11.9. The maximum absolute atomic E-state index is 3.66. The van der Waals surface area contributed by atoms with Crippen molar-refractivity contribution in [2.24, 2.45) is 0 Å². The van der Waals surface area contributed by atoms with Gasteiger partial charge in [0.1, 0.15) is 0 Å². The lowest BCUT2D eigenvalue weighted by Gasteiger charge is -2.22. The molecule has 1 saturated heterocycles. The van der Waals surface area contributed by atoms with Gasteiger partial charge >= 0.3 is 0 Å². The van der Waals surface area contributed by atoms with E-state index in [-0.39, 0.29) is 0 Å². The molecule has 0 unspecified atom stereocenters. The summed E-state index contributed by atoms with van der Waals surface area (Å²) < 4.78 is 1.24. The Kier molecular flexibility index (Phi) is 5.01. The highest BCUT2D eigenvalue weighted by atomic mass is 79.9. The van der Waals surface area contributed by atoms with Crippen molar-refractivity contribution < 1.29 is 0 Å². The maximum atomic E-state index is 3.66. The van der Waals surface area contributed by atoms with Gasteiger partial charge in [0.05, 0.1) is 3.79 Å². The Morgan fingerprint density at radius 1 is 1.33 bits per heavy atom. The number of nitrogens with one attached hydrogen (secondary N) is 1. The third-order valence-corrected chi connectivity index (χ3v) is 5.39. The second-order valence-electron chi connectivity index (χ2n) is 3.80. The van der Waals surface area contributed by atoms with Crippen LogP contribution >= 0.6 is 39.0 Å². The average Bonchev–Trinajstić information content (AvgIpc) is 2.66. The molecule has 1 N–H and O–H groups in total. The van der Waals surface area contributed by atoms with Crippen LogP contribution in [0.15, 0.2) is 15.9 Å². The largest absolute Gasteiger partial charge is 0.314 e. The molecule has 0 aliphatic carbocycles. The molecule has 4 heteroatoms. The molecule has 2 rings (SSSR count). The Bertz CT molecular complexity index is 295. The molecule has 0 aromatic carbocycles. The van der Waals surface area contributed by atoms with Gasteiger partial charge in [0.25, 0.3) is 0 Å². The molecule has 1 aromatic heterocycles. The Morgan fingerprint density at radius 2 is 2.13 bits per heavy atom. The molecule has 0 saturated carbocycles. The molecule has 0 atom stereocenters. The van der Waals surface area contributed by atoms with Crippen molar-refractivity contribution in [3.8, 4) is 0 Å². The van der Waals surface area contributed by atoms with Crippen LogP contribution in [0.25, 0.3) is 0 Å². The fourth-order valence-corrected chi connectivity index (χ4v) is 4.38. The molecule has 1 aliphatic rings. The lowest BCUT2D eigenvalue weighted by atomic mass is 10.1. The van der Waals surface area contributed by atoms with Gasteiger partial charge in [-0.25, -0.2) is 0 Å². The van der Waals surface area contributed by atoms with Crippen LogP contribution in [0.5, 0.6) is 0 Å². The highest BCUT2D eigenvalue weighted by Gasteiger charge is 2.12. The zero-order chi connectivity index (χ0) is 10.5. The molecular formula is C11H16BrNS2. The molecule has 1 aromatic rings. The van der Waals surface area contributed by atoms with Crippen molar-refractivity contribution >= 4 is 39.0 Å². The average molecular weight is 306 g/mol. The zero-order valence-electron chi connectivity index (χ0n) is 8.67. The van der Waals surface area contributed by atoms with Crippen LogP contribution in [0.3, 0.4) is 0 Å². The predicted molar refractivity (Wildman–Crippen MR) is 74.1 cm³/mol. The van der Waals surface area contributed by atoms with Gasteiger partial charge in [0.15, 0.2) is 0 Å². The molecule has 1 aliphatic heterocycles. The van der Waals surface area contributed by atoms with Crippen molar-refractivity contribution in [3.63, 3.8) is 0 Å². The normalized spacial score (nSPS) is 18.2. The van der Waals surface area contributed by atoms with E-state index in [0.717, 1.165) is 12.6 Å². The molecule has 0 spiro atoms. The molecule has 1 nitrogen and oxygen atoms in total. The molecule has 15 heavy (non-hydrogen) atoms. The molecule has 1 fully saturated rings. The van der Waals surface area contributed by atoms with Gasteiger partial charge in [0, 0.05) is 17.5 Å². The number of halogens is 1. The van der Waals surface area contributed by atoms with E-state index >= 15 is 0 Å². The minimum absolute atomic E-state index is 0.773. The summed E-state index contributed by atoms with van der Waals surface area (Å²) in [6.45, 7) is 1.13. The number of rotatable bonds is 4. The van der Waals surface area contributed by atoms with E-state index in [9.17, 15) is 0 Å². The number of thioether (sulfide) groups is 1. The van der Waals surface area contributed by atoms with Crippen LogP contribution in [-0.2, 0) is 6.42 Å². The lowest BCUT2D eigenvalue weighted by Crippen LogP contribution is -2.33. The molecule has 2 heterocycles. The minimum atomic E-state index is 0.773. The van der Waals surface area contributed by atoms with Gasteiger partial charge in [-0.3, -0.25) is 0 Å². The third-order valence-electron chi connectivity index (χ3n) is 2.65. The quantitative estimate of drug-likeness (QED) is 0.913. The molecule has 84 valence electrons. The summed E-state index contributed by atoms with van der Waals surface area (Å²) in [5, 5.41) is 3.66. The SMILES string of the molecule is Brc1ccc(CCNC2CCSCC2)s1. The van der Waals surface area contributed by atoms with E-state index in [2.05, 4.69) is 45.1 Å². The van der Waals surface area contributed by atoms with E-state index in [0.29, 0.717) is 0 Å². The predicted octanol–water partition coefficient (Wildman–Crippen LogP) is 3.54. The van der Waals surface area contributed by atoms with Gasteiger partial charge in [-0.05, 0) is 58.8 Å². The van der Waals surface area contributed by atoms with Gasteiger partial charge in [-0.1, -0.05) is 0 Å². The topological polar surface area (TPSA) is 12.0 Å². The van der Waals surface area contributed by atoms with Crippen molar-refractivity contribution in [3.05, 3.63) is 20.8 Å². The highest BCUT2D eigenvalue weighted by molar-refractivity contribution is 9.11. The lowest BCUT2D eigenvalue weighted by molar-refractivity contribution is 0.487. The van der Waals surface area contributed by atoms with Crippen LogP contribution in [0.2, 0.25) is 0 Å². The second kappa shape index (κ2) is 6.28. The first kappa shape index (κ1) is 12.0. The van der Waals surface area contributed by atoms with Crippen LogP contribution in [0, 0.1) is 0 Å². The summed E-state index contributed by atoms with van der Waals surface area (Å²) in [7, 11) is 0. The maximum Gasteiger partial charge on any atom is 0.0701 e. The molecule has 0 radical (unpaired) electrons. The Hall–Kier alpha value is 0.490. The monoisotopic (exact) mass is 305 g/mol. The Labute approximate surface area is 108 Å². The van der Waals surface area contributed by atoms with Crippen LogP contribution in [-0.4, -0.2) is 24.1 Å². The smallest absolute Gasteiger partial charge is 0.0701 e. The van der Waals surface area contributed by atoms with E-state index in [1.807, 2.05) is 11.3 Å². The third kappa shape index (κ3) is 4.10. The van der Waals surface area contributed by atoms with Crippen molar-refractivity contribution in [1.29, 1.82) is 0 Å². The first-order valence-corrected chi connectivity index (χ1v) is 8.16. The van der Waals surface area contributed by atoms with Gasteiger partial charge < -0.3 is 5.32 Å². The van der Waals surface area contributed by atoms with Crippen molar-refractivity contribution in [1.82, 2.24) is 5.32 Å². The van der Waals surface area contributed by atoms with E-state index < -0.39 is 0 Å². The highest BCUT2D eigenvalue weighted by Crippen LogP contribution is 2.22. The fraction of sp³-hybridized carbons (Fsp3) is 0.636. The molecule has 0 amide bonds.